The van der Waals surface area contributed by atoms with Crippen LogP contribution in [0.5, 0.6) is 5.75 Å². The van der Waals surface area contributed by atoms with Crippen molar-refractivity contribution < 1.29 is 14.1 Å². The Labute approximate surface area is 216 Å². The molecule has 36 heavy (non-hydrogen) atoms. The number of likely N-dealkylation sites (tertiary alicyclic amines) is 1. The molecule has 2 aliphatic heterocycles. The van der Waals surface area contributed by atoms with E-state index in [1.807, 2.05) is 41.3 Å². The summed E-state index contributed by atoms with van der Waals surface area (Å²) >= 11 is 6.21. The number of piperazine rings is 1. The van der Waals surface area contributed by atoms with Crippen LogP contribution in [0.15, 0.2) is 47.0 Å². The van der Waals surface area contributed by atoms with Crippen LogP contribution in [0.2, 0.25) is 5.02 Å². The van der Waals surface area contributed by atoms with Gasteiger partial charge < -0.3 is 19.1 Å². The smallest absolute Gasteiger partial charge is 0.241 e. The number of benzene rings is 2. The number of halogens is 1. The lowest BCUT2D eigenvalue weighted by Gasteiger charge is -2.39. The van der Waals surface area contributed by atoms with Crippen LogP contribution in [0.4, 0.5) is 5.69 Å². The minimum Gasteiger partial charge on any atom is -0.497 e. The van der Waals surface area contributed by atoms with E-state index in [4.69, 9.17) is 20.9 Å². The summed E-state index contributed by atoms with van der Waals surface area (Å²) < 4.78 is 10.7. The summed E-state index contributed by atoms with van der Waals surface area (Å²) in [5, 5.41) is 4.87. The summed E-state index contributed by atoms with van der Waals surface area (Å²) in [5.41, 5.74) is 3.27. The van der Waals surface area contributed by atoms with Gasteiger partial charge in [-0.25, -0.2) is 0 Å². The molecule has 1 aromatic heterocycles. The molecule has 2 saturated heterocycles. The van der Waals surface area contributed by atoms with Crippen molar-refractivity contribution >= 4 is 23.2 Å². The van der Waals surface area contributed by atoms with Crippen molar-refractivity contribution in [1.82, 2.24) is 19.9 Å². The van der Waals surface area contributed by atoms with Crippen molar-refractivity contribution in [2.75, 3.05) is 51.3 Å². The van der Waals surface area contributed by atoms with Crippen LogP contribution in [0, 0.1) is 12.8 Å². The lowest BCUT2D eigenvalue weighted by molar-refractivity contribution is -0.137. The molecule has 8 nitrogen and oxygen atoms in total. The fraction of sp³-hybridized carbons (Fsp3) is 0.444. The van der Waals surface area contributed by atoms with E-state index in [1.165, 1.54) is 11.3 Å². The van der Waals surface area contributed by atoms with Gasteiger partial charge in [-0.15, -0.1) is 0 Å². The van der Waals surface area contributed by atoms with Crippen molar-refractivity contribution in [2.24, 2.45) is 5.92 Å². The molecule has 2 aromatic carbocycles. The third kappa shape index (κ3) is 5.50. The molecule has 0 spiro atoms. The fourth-order valence-corrected chi connectivity index (χ4v) is 5.22. The SMILES string of the molecule is COc1ccc(-c2noc(CN3CCC(C(=O)N4CCN(c5cc(Cl)ccc5C)CC4)CC3)n2)cc1. The number of carbonyl (C=O) groups is 1. The van der Waals surface area contributed by atoms with E-state index in [-0.39, 0.29) is 11.8 Å². The highest BCUT2D eigenvalue weighted by Crippen LogP contribution is 2.27. The molecule has 190 valence electrons. The first-order valence-electron chi connectivity index (χ1n) is 12.5. The molecule has 2 aliphatic rings. The second kappa shape index (κ2) is 10.9. The number of aryl methyl sites for hydroxylation is 1. The number of anilines is 1. The molecule has 0 N–H and O–H groups in total. The largest absolute Gasteiger partial charge is 0.497 e. The highest BCUT2D eigenvalue weighted by Gasteiger charge is 2.31. The summed E-state index contributed by atoms with van der Waals surface area (Å²) in [4.78, 5) is 24.4. The maximum Gasteiger partial charge on any atom is 0.241 e. The summed E-state index contributed by atoms with van der Waals surface area (Å²) in [7, 11) is 1.64. The molecular formula is C27H32ClN5O3. The van der Waals surface area contributed by atoms with Gasteiger partial charge >= 0.3 is 0 Å². The summed E-state index contributed by atoms with van der Waals surface area (Å²) in [6.07, 6.45) is 1.71. The quantitative estimate of drug-likeness (QED) is 0.491. The average Bonchev–Trinajstić information content (AvgIpc) is 3.39. The van der Waals surface area contributed by atoms with Crippen molar-refractivity contribution in [2.45, 2.75) is 26.3 Å². The number of amides is 1. The van der Waals surface area contributed by atoms with Gasteiger partial charge in [-0.2, -0.15) is 4.98 Å². The lowest BCUT2D eigenvalue weighted by Crippen LogP contribution is -2.51. The maximum atomic E-state index is 13.2. The highest BCUT2D eigenvalue weighted by atomic mass is 35.5. The van der Waals surface area contributed by atoms with Crippen molar-refractivity contribution in [3.63, 3.8) is 0 Å². The molecule has 1 amide bonds. The van der Waals surface area contributed by atoms with E-state index in [9.17, 15) is 4.79 Å². The molecular weight excluding hydrogens is 478 g/mol. The number of methoxy groups -OCH3 is 1. The molecule has 5 rings (SSSR count). The number of piperidine rings is 1. The summed E-state index contributed by atoms with van der Waals surface area (Å²) in [5.74, 6) is 2.33. The molecule has 3 heterocycles. The average molecular weight is 510 g/mol. The van der Waals surface area contributed by atoms with Gasteiger partial charge in [-0.3, -0.25) is 9.69 Å². The number of hydrogen-bond acceptors (Lipinski definition) is 7. The van der Waals surface area contributed by atoms with Gasteiger partial charge in [0.05, 0.1) is 13.7 Å². The normalized spacial score (nSPS) is 17.4. The first-order chi connectivity index (χ1) is 17.5. The molecule has 0 unspecified atom stereocenters. The molecule has 0 bridgehead atoms. The van der Waals surface area contributed by atoms with Crippen LogP contribution in [-0.4, -0.2) is 72.2 Å². The van der Waals surface area contributed by atoms with Crippen LogP contribution in [0.3, 0.4) is 0 Å². The van der Waals surface area contributed by atoms with Crippen LogP contribution >= 0.6 is 11.6 Å². The number of carbonyl (C=O) groups excluding carboxylic acids is 1. The van der Waals surface area contributed by atoms with E-state index in [1.54, 1.807) is 7.11 Å². The van der Waals surface area contributed by atoms with Crippen LogP contribution < -0.4 is 9.64 Å². The Balaban J connectivity index is 1.09. The Morgan fingerprint density at radius 2 is 1.78 bits per heavy atom. The van der Waals surface area contributed by atoms with Gasteiger partial charge in [-0.1, -0.05) is 22.8 Å². The maximum absolute atomic E-state index is 13.2. The Morgan fingerprint density at radius 1 is 1.06 bits per heavy atom. The third-order valence-corrected chi connectivity index (χ3v) is 7.45. The van der Waals surface area contributed by atoms with Gasteiger partial charge in [0, 0.05) is 48.4 Å². The second-order valence-electron chi connectivity index (χ2n) is 9.53. The van der Waals surface area contributed by atoms with E-state index < -0.39 is 0 Å². The zero-order valence-electron chi connectivity index (χ0n) is 20.8. The zero-order valence-corrected chi connectivity index (χ0v) is 21.6. The number of hydrogen-bond donors (Lipinski definition) is 0. The van der Waals surface area contributed by atoms with E-state index >= 15 is 0 Å². The molecule has 9 heteroatoms. The van der Waals surface area contributed by atoms with Gasteiger partial charge in [0.2, 0.25) is 17.6 Å². The summed E-state index contributed by atoms with van der Waals surface area (Å²) in [6.45, 7) is 7.56. The fourth-order valence-electron chi connectivity index (χ4n) is 5.05. The standard InChI is InChI=1S/C27H32ClN5O3/c1-19-3-6-22(28)17-24(19)32-13-15-33(16-14-32)27(34)21-9-11-31(12-10-21)18-25-29-26(30-36-25)20-4-7-23(35-2)8-5-20/h3-8,17,21H,9-16,18H2,1-2H3. The molecule has 0 radical (unpaired) electrons. The number of rotatable bonds is 6. The van der Waals surface area contributed by atoms with Gasteiger partial charge in [0.25, 0.3) is 0 Å². The van der Waals surface area contributed by atoms with E-state index in [2.05, 4.69) is 32.9 Å². The van der Waals surface area contributed by atoms with Gasteiger partial charge in [0.1, 0.15) is 5.75 Å². The molecule has 2 fully saturated rings. The monoisotopic (exact) mass is 509 g/mol. The first kappa shape index (κ1) is 24.6. The topological polar surface area (TPSA) is 74.9 Å². The minimum atomic E-state index is 0.0817. The Kier molecular flexibility index (Phi) is 7.43. The van der Waals surface area contributed by atoms with E-state index in [0.717, 1.165) is 68.4 Å². The number of aromatic nitrogens is 2. The van der Waals surface area contributed by atoms with Crippen LogP contribution in [0.25, 0.3) is 11.4 Å². The minimum absolute atomic E-state index is 0.0817. The Hall–Kier alpha value is -3.10. The van der Waals surface area contributed by atoms with E-state index in [0.29, 0.717) is 18.3 Å². The molecule has 0 aliphatic carbocycles. The first-order valence-corrected chi connectivity index (χ1v) is 12.9. The van der Waals surface area contributed by atoms with Crippen LogP contribution in [-0.2, 0) is 11.3 Å². The van der Waals surface area contributed by atoms with Crippen molar-refractivity contribution in [1.29, 1.82) is 0 Å². The molecule has 0 atom stereocenters. The molecule has 3 aromatic rings. The summed E-state index contributed by atoms with van der Waals surface area (Å²) in [6, 6.07) is 13.6. The zero-order chi connectivity index (χ0) is 25.1. The van der Waals surface area contributed by atoms with Gasteiger partial charge in [-0.05, 0) is 74.8 Å². The molecule has 0 saturated carbocycles. The predicted molar refractivity (Wildman–Crippen MR) is 139 cm³/mol. The Morgan fingerprint density at radius 3 is 2.47 bits per heavy atom. The van der Waals surface area contributed by atoms with Crippen LogP contribution in [0.1, 0.15) is 24.3 Å². The second-order valence-corrected chi connectivity index (χ2v) is 9.97. The van der Waals surface area contributed by atoms with Gasteiger partial charge in [0.15, 0.2) is 0 Å². The van der Waals surface area contributed by atoms with Crippen molar-refractivity contribution in [3.8, 4) is 17.1 Å². The highest BCUT2D eigenvalue weighted by molar-refractivity contribution is 6.30. The third-order valence-electron chi connectivity index (χ3n) is 7.22. The number of ether oxygens (including phenoxy) is 1. The Bertz CT molecular complexity index is 1180. The van der Waals surface area contributed by atoms with Crippen molar-refractivity contribution in [3.05, 3.63) is 58.9 Å². The lowest BCUT2D eigenvalue weighted by atomic mass is 9.95. The number of nitrogens with zero attached hydrogens (tertiary/aromatic N) is 5. The predicted octanol–water partition coefficient (Wildman–Crippen LogP) is 4.27.